The van der Waals surface area contributed by atoms with E-state index in [1.54, 1.807) is 16.9 Å². The van der Waals surface area contributed by atoms with E-state index >= 15 is 0 Å². The lowest BCUT2D eigenvalue weighted by Crippen LogP contribution is -2.28. The van der Waals surface area contributed by atoms with E-state index in [1.165, 1.54) is 9.08 Å². The molecule has 1 N–H and O–H groups in total. The Hall–Kier alpha value is -4.40. The van der Waals surface area contributed by atoms with Gasteiger partial charge in [0.2, 0.25) is 5.91 Å². The van der Waals surface area contributed by atoms with Gasteiger partial charge in [0.15, 0.2) is 5.65 Å². The third-order valence-electron chi connectivity index (χ3n) is 6.02. The van der Waals surface area contributed by atoms with Gasteiger partial charge in [-0.15, -0.1) is 5.10 Å². The molecule has 2 aromatic carbocycles. The van der Waals surface area contributed by atoms with Gasteiger partial charge in [0.05, 0.1) is 12.3 Å². The zero-order chi connectivity index (χ0) is 25.1. The topological polar surface area (TPSA) is 94.9 Å². The van der Waals surface area contributed by atoms with Gasteiger partial charge in [0.1, 0.15) is 17.8 Å². The van der Waals surface area contributed by atoms with E-state index in [2.05, 4.69) is 29.4 Å². The molecule has 0 aliphatic carbocycles. The number of unbranched alkanes of at least 4 members (excludes halogenated alkanes) is 1. The van der Waals surface area contributed by atoms with Gasteiger partial charge in [0, 0.05) is 23.6 Å². The van der Waals surface area contributed by atoms with Crippen molar-refractivity contribution >= 4 is 22.8 Å². The summed E-state index contributed by atoms with van der Waals surface area (Å²) in [4.78, 5) is 25.5. The van der Waals surface area contributed by atoms with Crippen LogP contribution in [0.15, 0.2) is 71.8 Å². The Balaban J connectivity index is 1.39. The fourth-order valence-electron chi connectivity index (χ4n) is 4.04. The van der Waals surface area contributed by atoms with E-state index in [-0.39, 0.29) is 18.1 Å². The third kappa shape index (κ3) is 4.72. The van der Waals surface area contributed by atoms with Gasteiger partial charge < -0.3 is 10.1 Å². The van der Waals surface area contributed by atoms with Crippen molar-refractivity contribution in [2.24, 2.45) is 0 Å². The van der Waals surface area contributed by atoms with Gasteiger partial charge in [0.25, 0.3) is 0 Å². The number of aryl methyl sites for hydroxylation is 1. The summed E-state index contributed by atoms with van der Waals surface area (Å²) in [5.74, 6) is 0.503. The molecule has 3 aromatic heterocycles. The van der Waals surface area contributed by atoms with E-state index in [9.17, 15) is 9.59 Å². The van der Waals surface area contributed by atoms with Crippen molar-refractivity contribution in [3.05, 3.63) is 83.0 Å². The molecule has 0 saturated carbocycles. The van der Waals surface area contributed by atoms with Crippen LogP contribution in [0, 0.1) is 0 Å². The van der Waals surface area contributed by atoms with Crippen LogP contribution in [-0.2, 0) is 17.8 Å². The molecular weight excluding hydrogens is 456 g/mol. The van der Waals surface area contributed by atoms with Crippen molar-refractivity contribution < 1.29 is 9.53 Å². The molecule has 0 radical (unpaired) electrons. The number of fused-ring (bicyclic) bond motifs is 3. The first kappa shape index (κ1) is 23.3. The molecule has 0 fully saturated rings. The van der Waals surface area contributed by atoms with Crippen molar-refractivity contribution in [3.63, 3.8) is 0 Å². The Morgan fingerprint density at radius 2 is 1.86 bits per heavy atom. The first-order chi connectivity index (χ1) is 17.6. The highest BCUT2D eigenvalue weighted by Crippen LogP contribution is 2.24. The molecule has 3 heterocycles. The fraction of sp³-hybridized carbons (Fsp3) is 0.259. The molecule has 0 aliphatic rings. The SMILES string of the molecule is CCCCOc1ccc(-c2cc3c4nn(CC(=O)Nc5cccc(CC)c5)c(=O)n4ccn3n2)cc1. The summed E-state index contributed by atoms with van der Waals surface area (Å²) in [7, 11) is 0. The van der Waals surface area contributed by atoms with Crippen LogP contribution in [0.1, 0.15) is 32.3 Å². The Labute approximate surface area is 207 Å². The Morgan fingerprint density at radius 3 is 2.64 bits per heavy atom. The highest BCUT2D eigenvalue weighted by atomic mass is 16.5. The van der Waals surface area contributed by atoms with E-state index in [0.29, 0.717) is 23.5 Å². The number of carbonyl (C=O) groups is 1. The van der Waals surface area contributed by atoms with Crippen LogP contribution in [0.2, 0.25) is 0 Å². The van der Waals surface area contributed by atoms with Gasteiger partial charge in [-0.3, -0.25) is 4.79 Å². The van der Waals surface area contributed by atoms with Crippen LogP contribution in [0.4, 0.5) is 5.69 Å². The number of amides is 1. The van der Waals surface area contributed by atoms with Gasteiger partial charge in [-0.05, 0) is 60.9 Å². The number of aromatic nitrogens is 5. The van der Waals surface area contributed by atoms with Crippen molar-refractivity contribution in [2.75, 3.05) is 11.9 Å². The lowest BCUT2D eigenvalue weighted by molar-refractivity contribution is -0.117. The van der Waals surface area contributed by atoms with E-state index < -0.39 is 0 Å². The monoisotopic (exact) mass is 484 g/mol. The maximum atomic E-state index is 12.9. The molecule has 0 spiro atoms. The number of rotatable bonds is 9. The minimum absolute atomic E-state index is 0.191. The van der Waals surface area contributed by atoms with Gasteiger partial charge in [-0.25, -0.2) is 18.4 Å². The second kappa shape index (κ2) is 10.1. The first-order valence-corrected chi connectivity index (χ1v) is 12.2. The van der Waals surface area contributed by atoms with Crippen LogP contribution in [0.3, 0.4) is 0 Å². The number of benzene rings is 2. The number of nitrogens with one attached hydrogen (secondary N) is 1. The predicted octanol–water partition coefficient (Wildman–Crippen LogP) is 4.19. The van der Waals surface area contributed by atoms with Crippen LogP contribution in [0.25, 0.3) is 22.4 Å². The molecule has 36 heavy (non-hydrogen) atoms. The lowest BCUT2D eigenvalue weighted by atomic mass is 10.1. The number of ether oxygens (including phenoxy) is 1. The number of nitrogens with zero attached hydrogens (tertiary/aromatic N) is 5. The van der Waals surface area contributed by atoms with Crippen LogP contribution in [0.5, 0.6) is 5.75 Å². The summed E-state index contributed by atoms with van der Waals surface area (Å²) in [6.45, 7) is 4.69. The van der Waals surface area contributed by atoms with Crippen molar-refractivity contribution in [1.82, 2.24) is 23.8 Å². The molecule has 0 bridgehead atoms. The summed E-state index contributed by atoms with van der Waals surface area (Å²) >= 11 is 0. The van der Waals surface area contributed by atoms with Crippen LogP contribution < -0.4 is 15.7 Å². The summed E-state index contributed by atoms with van der Waals surface area (Å²) in [5, 5.41) is 11.9. The van der Waals surface area contributed by atoms with Crippen molar-refractivity contribution in [1.29, 1.82) is 0 Å². The largest absolute Gasteiger partial charge is 0.494 e. The minimum Gasteiger partial charge on any atom is -0.494 e. The quantitative estimate of drug-likeness (QED) is 0.317. The van der Waals surface area contributed by atoms with Crippen molar-refractivity contribution in [3.8, 4) is 17.0 Å². The molecule has 0 unspecified atom stereocenters. The molecule has 0 saturated heterocycles. The average Bonchev–Trinajstić information content (AvgIpc) is 3.46. The molecule has 9 heteroatoms. The van der Waals surface area contributed by atoms with Gasteiger partial charge >= 0.3 is 5.69 Å². The summed E-state index contributed by atoms with van der Waals surface area (Å²) in [5.41, 5.74) is 4.20. The molecule has 184 valence electrons. The van der Waals surface area contributed by atoms with Crippen LogP contribution in [-0.4, -0.2) is 36.3 Å². The zero-order valence-electron chi connectivity index (χ0n) is 20.3. The molecule has 9 nitrogen and oxygen atoms in total. The number of hydrogen-bond donors (Lipinski definition) is 1. The molecule has 5 aromatic rings. The second-order valence-electron chi connectivity index (χ2n) is 8.62. The smallest absolute Gasteiger partial charge is 0.350 e. The molecule has 1 amide bonds. The zero-order valence-corrected chi connectivity index (χ0v) is 20.3. The van der Waals surface area contributed by atoms with E-state index in [1.807, 2.05) is 54.6 Å². The molecule has 0 aliphatic heterocycles. The summed E-state index contributed by atoms with van der Waals surface area (Å²) in [6.07, 6.45) is 6.29. The average molecular weight is 485 g/mol. The number of anilines is 1. The first-order valence-electron chi connectivity index (χ1n) is 12.2. The van der Waals surface area contributed by atoms with E-state index in [4.69, 9.17) is 4.74 Å². The highest BCUT2D eigenvalue weighted by molar-refractivity contribution is 5.90. The Kier molecular flexibility index (Phi) is 6.53. The van der Waals surface area contributed by atoms with E-state index in [0.717, 1.165) is 41.8 Å². The van der Waals surface area contributed by atoms with Crippen LogP contribution >= 0.6 is 0 Å². The Morgan fingerprint density at radius 1 is 1.03 bits per heavy atom. The summed E-state index contributed by atoms with van der Waals surface area (Å²) in [6, 6.07) is 17.3. The second-order valence-corrected chi connectivity index (χ2v) is 8.62. The third-order valence-corrected chi connectivity index (χ3v) is 6.02. The standard InChI is InChI=1S/C27H28N6O3/c1-3-5-15-36-22-11-9-20(10-12-22)23-17-24-26-30-33(27(35)31(26)13-14-32(24)29-23)18-25(34)28-21-8-6-7-19(4-2)16-21/h6-14,16-17H,3-5,15,18H2,1-2H3,(H,28,34). The lowest BCUT2D eigenvalue weighted by Gasteiger charge is -2.06. The molecular formula is C27H28N6O3. The predicted molar refractivity (Wildman–Crippen MR) is 138 cm³/mol. The maximum Gasteiger partial charge on any atom is 0.350 e. The molecule has 5 rings (SSSR count). The number of hydrogen-bond acceptors (Lipinski definition) is 5. The fourth-order valence-corrected chi connectivity index (χ4v) is 4.04. The normalized spacial score (nSPS) is 11.3. The maximum absolute atomic E-state index is 12.9. The minimum atomic E-state index is -0.388. The Bertz CT molecular complexity index is 1580. The summed E-state index contributed by atoms with van der Waals surface area (Å²) < 4.78 is 10.0. The number of carbonyl (C=O) groups excluding carboxylic acids is 1. The molecule has 0 atom stereocenters. The van der Waals surface area contributed by atoms with Gasteiger partial charge in [-0.2, -0.15) is 5.10 Å². The highest BCUT2D eigenvalue weighted by Gasteiger charge is 2.15. The van der Waals surface area contributed by atoms with Crippen molar-refractivity contribution in [2.45, 2.75) is 39.7 Å². The van der Waals surface area contributed by atoms with Gasteiger partial charge in [-0.1, -0.05) is 32.4 Å².